The maximum Gasteiger partial charge on any atom is 0.119 e. The van der Waals surface area contributed by atoms with Crippen molar-refractivity contribution in [3.05, 3.63) is 29.8 Å². The van der Waals surface area contributed by atoms with Crippen molar-refractivity contribution in [1.82, 2.24) is 4.57 Å². The van der Waals surface area contributed by atoms with Crippen molar-refractivity contribution in [3.8, 4) is 0 Å². The van der Waals surface area contributed by atoms with E-state index in [4.69, 9.17) is 0 Å². The average molecular weight is 320 g/mol. The summed E-state index contributed by atoms with van der Waals surface area (Å²) in [6.07, 6.45) is 5.45. The van der Waals surface area contributed by atoms with Gasteiger partial charge in [0, 0.05) is 6.04 Å². The molecule has 0 aromatic heterocycles. The van der Waals surface area contributed by atoms with Crippen molar-refractivity contribution >= 4 is 21.5 Å². The maximum absolute atomic E-state index is 2.86. The van der Waals surface area contributed by atoms with E-state index in [1.165, 1.54) is 37.8 Å². The largest absolute Gasteiger partial charge is 0.321 e. The zero-order chi connectivity index (χ0) is 15.7. The minimum Gasteiger partial charge on any atom is -0.321 e. The second kappa shape index (κ2) is 6.39. The summed E-state index contributed by atoms with van der Waals surface area (Å²) in [7, 11) is -2.33. The van der Waals surface area contributed by atoms with Crippen molar-refractivity contribution < 1.29 is 0 Å². The van der Waals surface area contributed by atoms with E-state index in [1.807, 2.05) is 0 Å². The summed E-state index contributed by atoms with van der Waals surface area (Å²) in [4.78, 5) is 0. The SMILES string of the molecule is C[Si](C)(C)c1ccc(CC2CCCCN2[Si](C)(C)C)cc1. The van der Waals surface area contributed by atoms with Gasteiger partial charge in [-0.2, -0.15) is 0 Å². The standard InChI is InChI=1S/C18H33NSi2/c1-20(2,3)18-12-10-16(11-13-18)15-17-9-7-8-14-19(17)21(4,5)6/h10-13,17H,7-9,14-15H2,1-6H3. The Kier molecular flexibility index (Phi) is 5.16. The molecular formula is C18H33NSi2. The van der Waals surface area contributed by atoms with E-state index >= 15 is 0 Å². The molecule has 0 N–H and O–H groups in total. The molecule has 1 fully saturated rings. The fourth-order valence-electron chi connectivity index (χ4n) is 3.51. The van der Waals surface area contributed by atoms with Gasteiger partial charge in [0.2, 0.25) is 0 Å². The summed E-state index contributed by atoms with van der Waals surface area (Å²) in [5, 5.41) is 1.58. The van der Waals surface area contributed by atoms with E-state index in [0.717, 1.165) is 6.04 Å². The second-order valence-corrected chi connectivity index (χ2v) is 18.7. The van der Waals surface area contributed by atoms with Crippen LogP contribution in [0.2, 0.25) is 39.3 Å². The number of nitrogens with zero attached hydrogens (tertiary/aromatic N) is 1. The van der Waals surface area contributed by atoms with Crippen LogP contribution in [0.25, 0.3) is 0 Å². The molecule has 1 aliphatic heterocycles. The van der Waals surface area contributed by atoms with Crippen LogP contribution in [0.15, 0.2) is 24.3 Å². The number of rotatable bonds is 4. The lowest BCUT2D eigenvalue weighted by Crippen LogP contribution is -2.54. The first kappa shape index (κ1) is 17.0. The Morgan fingerprint density at radius 2 is 1.57 bits per heavy atom. The molecule has 1 saturated heterocycles. The molecule has 21 heavy (non-hydrogen) atoms. The summed E-state index contributed by atoms with van der Waals surface area (Å²) in [6.45, 7) is 16.1. The highest BCUT2D eigenvalue weighted by molar-refractivity contribution is 6.88. The Labute approximate surface area is 133 Å². The monoisotopic (exact) mass is 319 g/mol. The molecule has 0 amide bonds. The van der Waals surface area contributed by atoms with Crippen LogP contribution in [0.3, 0.4) is 0 Å². The van der Waals surface area contributed by atoms with Crippen molar-refractivity contribution in [3.63, 3.8) is 0 Å². The third-order valence-electron chi connectivity index (χ3n) is 4.78. The molecule has 1 atom stereocenters. The smallest absolute Gasteiger partial charge is 0.119 e. The van der Waals surface area contributed by atoms with Gasteiger partial charge in [0.15, 0.2) is 0 Å². The average Bonchev–Trinajstić information content (AvgIpc) is 2.37. The number of benzene rings is 1. The maximum atomic E-state index is 2.86. The predicted molar refractivity (Wildman–Crippen MR) is 101 cm³/mol. The minimum atomic E-state index is -1.17. The zero-order valence-electron chi connectivity index (χ0n) is 14.9. The minimum absolute atomic E-state index is 0.781. The van der Waals surface area contributed by atoms with Gasteiger partial charge in [-0.25, -0.2) is 0 Å². The van der Waals surface area contributed by atoms with E-state index in [0.29, 0.717) is 0 Å². The van der Waals surface area contributed by atoms with Gasteiger partial charge in [-0.15, -0.1) is 0 Å². The van der Waals surface area contributed by atoms with Gasteiger partial charge in [0.25, 0.3) is 0 Å². The highest BCUT2D eigenvalue weighted by Crippen LogP contribution is 2.26. The normalized spacial score (nSPS) is 21.5. The number of piperidine rings is 1. The van der Waals surface area contributed by atoms with Crippen LogP contribution >= 0.6 is 0 Å². The van der Waals surface area contributed by atoms with Crippen LogP contribution in [-0.2, 0) is 6.42 Å². The molecule has 1 aliphatic rings. The van der Waals surface area contributed by atoms with Gasteiger partial charge < -0.3 is 4.57 Å². The van der Waals surface area contributed by atoms with Gasteiger partial charge in [-0.05, 0) is 31.4 Å². The molecule has 0 spiro atoms. The Bertz CT molecular complexity index is 454. The molecule has 0 aliphatic carbocycles. The van der Waals surface area contributed by atoms with Crippen molar-refractivity contribution in [2.45, 2.75) is 71.0 Å². The summed E-state index contributed by atoms with van der Waals surface area (Å²) < 4.78 is 2.86. The Morgan fingerprint density at radius 3 is 2.10 bits per heavy atom. The molecule has 3 heteroatoms. The molecule has 1 unspecified atom stereocenters. The summed E-state index contributed by atoms with van der Waals surface area (Å²) in [6, 6.07) is 10.4. The lowest BCUT2D eigenvalue weighted by atomic mass is 9.98. The van der Waals surface area contributed by atoms with E-state index in [9.17, 15) is 0 Å². The Hall–Kier alpha value is -0.386. The number of hydrogen-bond donors (Lipinski definition) is 0. The molecule has 118 valence electrons. The Balaban J connectivity index is 2.09. The molecular weight excluding hydrogens is 286 g/mol. The van der Waals surface area contributed by atoms with E-state index in [1.54, 1.807) is 5.19 Å². The highest BCUT2D eigenvalue weighted by atomic mass is 28.3. The summed E-state index contributed by atoms with van der Waals surface area (Å²) in [5.74, 6) is 0. The van der Waals surface area contributed by atoms with Gasteiger partial charge >= 0.3 is 0 Å². The van der Waals surface area contributed by atoms with E-state index < -0.39 is 16.3 Å². The first-order chi connectivity index (χ1) is 9.68. The van der Waals surface area contributed by atoms with Crippen LogP contribution in [-0.4, -0.2) is 33.5 Å². The highest BCUT2D eigenvalue weighted by Gasteiger charge is 2.32. The third kappa shape index (κ3) is 4.54. The lowest BCUT2D eigenvalue weighted by molar-refractivity contribution is 0.243. The zero-order valence-corrected chi connectivity index (χ0v) is 16.9. The van der Waals surface area contributed by atoms with E-state index in [-0.39, 0.29) is 0 Å². The predicted octanol–water partition coefficient (Wildman–Crippen LogP) is 4.46. The Morgan fingerprint density at radius 1 is 0.952 bits per heavy atom. The number of hydrogen-bond acceptors (Lipinski definition) is 1. The first-order valence-electron chi connectivity index (χ1n) is 8.54. The molecule has 0 saturated carbocycles. The second-order valence-electron chi connectivity index (χ2n) is 8.66. The summed E-state index contributed by atoms with van der Waals surface area (Å²) in [5.41, 5.74) is 1.53. The topological polar surface area (TPSA) is 3.24 Å². The van der Waals surface area contributed by atoms with Crippen molar-refractivity contribution in [2.24, 2.45) is 0 Å². The molecule has 1 aromatic rings. The molecule has 1 nitrogen and oxygen atoms in total. The molecule has 1 aromatic carbocycles. The van der Waals surface area contributed by atoms with Crippen molar-refractivity contribution in [1.29, 1.82) is 0 Å². The molecule has 1 heterocycles. The van der Waals surface area contributed by atoms with Gasteiger partial charge in [-0.1, -0.05) is 75.2 Å². The third-order valence-corrected chi connectivity index (χ3v) is 9.16. The summed E-state index contributed by atoms with van der Waals surface area (Å²) >= 11 is 0. The molecule has 0 radical (unpaired) electrons. The van der Waals surface area contributed by atoms with Crippen LogP contribution in [0.5, 0.6) is 0 Å². The van der Waals surface area contributed by atoms with Crippen LogP contribution in [0, 0.1) is 0 Å². The van der Waals surface area contributed by atoms with Crippen molar-refractivity contribution in [2.75, 3.05) is 6.54 Å². The van der Waals surface area contributed by atoms with Crippen LogP contribution in [0.1, 0.15) is 24.8 Å². The first-order valence-corrected chi connectivity index (χ1v) is 15.5. The fourth-order valence-corrected chi connectivity index (χ4v) is 6.82. The van der Waals surface area contributed by atoms with Gasteiger partial charge in [0.05, 0.1) is 8.07 Å². The fraction of sp³-hybridized carbons (Fsp3) is 0.667. The van der Waals surface area contributed by atoms with Crippen LogP contribution < -0.4 is 5.19 Å². The molecule has 2 rings (SSSR count). The lowest BCUT2D eigenvalue weighted by Gasteiger charge is -2.44. The quantitative estimate of drug-likeness (QED) is 0.740. The van der Waals surface area contributed by atoms with E-state index in [2.05, 4.69) is 68.1 Å². The van der Waals surface area contributed by atoms with Crippen LogP contribution in [0.4, 0.5) is 0 Å². The van der Waals surface area contributed by atoms with Gasteiger partial charge in [-0.3, -0.25) is 0 Å². The molecule has 0 bridgehead atoms. The van der Waals surface area contributed by atoms with Gasteiger partial charge in [0.1, 0.15) is 8.24 Å².